The van der Waals surface area contributed by atoms with Gasteiger partial charge in [-0.3, -0.25) is 10.2 Å². The number of nitrogens with zero attached hydrogens (tertiary/aromatic N) is 1. The van der Waals surface area contributed by atoms with E-state index in [1.165, 1.54) is 11.3 Å². The van der Waals surface area contributed by atoms with Crippen LogP contribution in [-0.2, 0) is 4.79 Å². The fraction of sp³-hybridized carbons (Fsp3) is 0.222. The van der Waals surface area contributed by atoms with Crippen LogP contribution in [0.25, 0.3) is 10.2 Å². The van der Waals surface area contributed by atoms with Crippen LogP contribution in [0.1, 0.15) is 11.1 Å². The number of nitrogens with one attached hydrogen (secondary N) is 2. The molecule has 0 unspecified atom stereocenters. The minimum Gasteiger partial charge on any atom is -0.494 e. The van der Waals surface area contributed by atoms with Crippen LogP contribution in [0.2, 0.25) is 0 Å². The number of hydrogen-bond acceptors (Lipinski definition) is 7. The lowest BCUT2D eigenvalue weighted by Gasteiger charge is -2.11. The lowest BCUT2D eigenvalue weighted by molar-refractivity contribution is -0.118. The van der Waals surface area contributed by atoms with E-state index in [1.54, 1.807) is 13.2 Å². The van der Waals surface area contributed by atoms with Crippen molar-refractivity contribution in [3.8, 4) is 11.5 Å². The summed E-state index contributed by atoms with van der Waals surface area (Å²) in [7, 11) is 1.55. The smallest absolute Gasteiger partial charge is 0.262 e. The number of hydrogen-bond donors (Lipinski definition) is 3. The molecule has 0 bridgehead atoms. The van der Waals surface area contributed by atoms with Gasteiger partial charge in [0.25, 0.3) is 5.91 Å². The highest BCUT2D eigenvalue weighted by Gasteiger charge is 2.13. The van der Waals surface area contributed by atoms with Crippen molar-refractivity contribution in [2.24, 2.45) is 5.84 Å². The topological polar surface area (TPSA) is 98.5 Å². The van der Waals surface area contributed by atoms with Crippen LogP contribution in [0.5, 0.6) is 11.5 Å². The van der Waals surface area contributed by atoms with Gasteiger partial charge >= 0.3 is 0 Å². The van der Waals surface area contributed by atoms with Crippen LogP contribution in [-0.4, -0.2) is 24.6 Å². The molecule has 0 fully saturated rings. The van der Waals surface area contributed by atoms with Gasteiger partial charge in [0, 0.05) is 11.8 Å². The van der Waals surface area contributed by atoms with Crippen molar-refractivity contribution in [1.82, 2.24) is 4.98 Å². The molecule has 3 rings (SSSR count). The summed E-state index contributed by atoms with van der Waals surface area (Å²) in [6, 6.07) is 9.37. The summed E-state index contributed by atoms with van der Waals surface area (Å²) in [6.45, 7) is 3.88. The molecule has 1 heterocycles. The van der Waals surface area contributed by atoms with Crippen LogP contribution >= 0.6 is 11.3 Å². The average molecular weight is 372 g/mol. The molecule has 4 N–H and O–H groups in total. The lowest BCUT2D eigenvalue weighted by atomic mass is 10.1. The monoisotopic (exact) mass is 372 g/mol. The van der Waals surface area contributed by atoms with Gasteiger partial charge in [-0.25, -0.2) is 10.8 Å². The molecule has 0 aliphatic heterocycles. The minimum absolute atomic E-state index is 0.0808. The van der Waals surface area contributed by atoms with Crippen molar-refractivity contribution in [3.63, 3.8) is 0 Å². The average Bonchev–Trinajstić information content (AvgIpc) is 3.03. The Balaban J connectivity index is 1.72. The fourth-order valence-corrected chi connectivity index (χ4v) is 3.42. The third kappa shape index (κ3) is 3.87. The Kier molecular flexibility index (Phi) is 5.24. The second-order valence-corrected chi connectivity index (χ2v) is 6.83. The Morgan fingerprint density at radius 2 is 2.04 bits per heavy atom. The lowest BCUT2D eigenvalue weighted by Crippen LogP contribution is -2.20. The van der Waals surface area contributed by atoms with Crippen LogP contribution in [0.3, 0.4) is 0 Å². The van der Waals surface area contributed by atoms with Crippen molar-refractivity contribution < 1.29 is 14.3 Å². The van der Waals surface area contributed by atoms with Crippen molar-refractivity contribution >= 4 is 38.3 Å². The van der Waals surface area contributed by atoms with Gasteiger partial charge in [-0.2, -0.15) is 0 Å². The van der Waals surface area contributed by atoms with E-state index in [0.717, 1.165) is 15.8 Å². The highest BCUT2D eigenvalue weighted by molar-refractivity contribution is 7.22. The van der Waals surface area contributed by atoms with E-state index < -0.39 is 0 Å². The first kappa shape index (κ1) is 18.0. The molecule has 0 saturated carbocycles. The molecule has 0 aliphatic rings. The van der Waals surface area contributed by atoms with Crippen molar-refractivity contribution in [2.75, 3.05) is 24.5 Å². The Labute approximate surface area is 155 Å². The van der Waals surface area contributed by atoms with E-state index in [2.05, 4.69) is 15.7 Å². The van der Waals surface area contributed by atoms with Gasteiger partial charge in [0.1, 0.15) is 17.0 Å². The first-order valence-electron chi connectivity index (χ1n) is 7.95. The number of carbonyl (C=O) groups is 1. The molecule has 1 aromatic heterocycles. The van der Waals surface area contributed by atoms with Gasteiger partial charge in [0.2, 0.25) is 0 Å². The predicted molar refractivity (Wildman–Crippen MR) is 104 cm³/mol. The summed E-state index contributed by atoms with van der Waals surface area (Å²) in [5.41, 5.74) is 5.96. The Bertz CT molecular complexity index is 955. The maximum Gasteiger partial charge on any atom is 0.262 e. The fourth-order valence-electron chi connectivity index (χ4n) is 2.59. The first-order valence-corrected chi connectivity index (χ1v) is 8.77. The largest absolute Gasteiger partial charge is 0.494 e. The van der Waals surface area contributed by atoms with Gasteiger partial charge in [0.15, 0.2) is 11.7 Å². The Morgan fingerprint density at radius 3 is 2.73 bits per heavy atom. The zero-order valence-electron chi connectivity index (χ0n) is 14.8. The summed E-state index contributed by atoms with van der Waals surface area (Å²) in [5.74, 6) is 6.41. The van der Waals surface area contributed by atoms with E-state index in [0.29, 0.717) is 27.8 Å². The summed E-state index contributed by atoms with van der Waals surface area (Å²) < 4.78 is 11.8. The van der Waals surface area contributed by atoms with Crippen molar-refractivity contribution in [2.45, 2.75) is 13.8 Å². The highest BCUT2D eigenvalue weighted by atomic mass is 32.1. The van der Waals surface area contributed by atoms with E-state index in [4.69, 9.17) is 15.3 Å². The van der Waals surface area contributed by atoms with Gasteiger partial charge in [-0.1, -0.05) is 29.0 Å². The molecule has 2 aromatic carbocycles. The predicted octanol–water partition coefficient (Wildman–Crippen LogP) is 3.22. The van der Waals surface area contributed by atoms with Crippen LogP contribution in [0.15, 0.2) is 30.3 Å². The molecule has 7 nitrogen and oxygen atoms in total. The SMILES string of the molecule is COc1cc(NC(=O)COc2ccc(C)cc2C)cc2sc(NN)nc12. The number of aromatic nitrogens is 1. The number of carbonyl (C=O) groups excluding carboxylic acids is 1. The number of nitrogen functional groups attached to an aromatic ring is 1. The molecule has 0 radical (unpaired) electrons. The van der Waals surface area contributed by atoms with Gasteiger partial charge < -0.3 is 14.8 Å². The molecular weight excluding hydrogens is 352 g/mol. The highest BCUT2D eigenvalue weighted by Crippen LogP contribution is 2.35. The summed E-state index contributed by atoms with van der Waals surface area (Å²) in [6.07, 6.45) is 0. The molecule has 3 aromatic rings. The number of rotatable bonds is 6. The third-order valence-electron chi connectivity index (χ3n) is 3.78. The first-order chi connectivity index (χ1) is 12.5. The zero-order chi connectivity index (χ0) is 18.7. The van der Waals surface area contributed by atoms with Crippen LogP contribution in [0.4, 0.5) is 10.8 Å². The second kappa shape index (κ2) is 7.59. The van der Waals surface area contributed by atoms with Crippen LogP contribution in [0, 0.1) is 13.8 Å². The second-order valence-electron chi connectivity index (χ2n) is 5.79. The van der Waals surface area contributed by atoms with Gasteiger partial charge in [0.05, 0.1) is 11.8 Å². The van der Waals surface area contributed by atoms with Crippen LogP contribution < -0.4 is 26.1 Å². The number of ether oxygens (including phenoxy) is 2. The number of hydrazine groups is 1. The van der Waals surface area contributed by atoms with E-state index in [1.807, 2.05) is 38.1 Å². The van der Waals surface area contributed by atoms with E-state index in [9.17, 15) is 4.79 Å². The molecule has 26 heavy (non-hydrogen) atoms. The molecule has 0 spiro atoms. The molecule has 136 valence electrons. The number of fused-ring (bicyclic) bond motifs is 1. The summed E-state index contributed by atoms with van der Waals surface area (Å²) in [4.78, 5) is 16.6. The zero-order valence-corrected chi connectivity index (χ0v) is 15.6. The molecule has 0 atom stereocenters. The molecule has 0 saturated heterocycles. The summed E-state index contributed by atoms with van der Waals surface area (Å²) in [5, 5.41) is 3.39. The Morgan fingerprint density at radius 1 is 1.23 bits per heavy atom. The normalized spacial score (nSPS) is 10.6. The third-order valence-corrected chi connectivity index (χ3v) is 4.71. The maximum atomic E-state index is 12.2. The molecule has 8 heteroatoms. The number of thiazole rings is 1. The standard InChI is InChI=1S/C18H20N4O3S/c1-10-4-5-13(11(2)6-10)25-9-16(23)20-12-7-14(24-3)17-15(8-12)26-18(21-17)22-19/h4-8H,9,19H2,1-3H3,(H,20,23)(H,21,22). The van der Waals surface area contributed by atoms with Crippen molar-refractivity contribution in [1.29, 1.82) is 0 Å². The van der Waals surface area contributed by atoms with Gasteiger partial charge in [-0.15, -0.1) is 0 Å². The molecular formula is C18H20N4O3S. The van der Waals surface area contributed by atoms with Crippen molar-refractivity contribution in [3.05, 3.63) is 41.5 Å². The van der Waals surface area contributed by atoms with Gasteiger partial charge in [-0.05, 0) is 31.5 Å². The number of nitrogens with two attached hydrogens (primary N) is 1. The maximum absolute atomic E-state index is 12.2. The number of benzene rings is 2. The van der Waals surface area contributed by atoms with E-state index >= 15 is 0 Å². The minimum atomic E-state index is -0.256. The Hall–Kier alpha value is -2.84. The van der Waals surface area contributed by atoms with E-state index in [-0.39, 0.29) is 12.5 Å². The number of aryl methyl sites for hydroxylation is 2. The number of anilines is 2. The summed E-state index contributed by atoms with van der Waals surface area (Å²) >= 11 is 1.37. The quantitative estimate of drug-likeness (QED) is 0.454. The molecule has 0 aliphatic carbocycles. The molecule has 1 amide bonds. The number of amides is 1. The number of methoxy groups -OCH3 is 1.